The van der Waals surface area contributed by atoms with Crippen molar-refractivity contribution in [3.8, 4) is 17.7 Å². The van der Waals surface area contributed by atoms with Gasteiger partial charge in [0.1, 0.15) is 5.75 Å². The van der Waals surface area contributed by atoms with Crippen LogP contribution in [0.3, 0.4) is 0 Å². The maximum Gasteiger partial charge on any atom is 0.238 e. The highest BCUT2D eigenvalue weighted by Gasteiger charge is 2.24. The number of piperidine rings is 1. The van der Waals surface area contributed by atoms with Crippen molar-refractivity contribution in [2.24, 2.45) is 0 Å². The van der Waals surface area contributed by atoms with E-state index in [4.69, 9.17) is 14.7 Å². The summed E-state index contributed by atoms with van der Waals surface area (Å²) in [6.45, 7) is 7.06. The van der Waals surface area contributed by atoms with Crippen LogP contribution in [0.2, 0.25) is 0 Å². The Kier molecular flexibility index (Phi) is 8.23. The number of anilines is 1. The molecule has 1 saturated heterocycles. The van der Waals surface area contributed by atoms with Crippen LogP contribution >= 0.6 is 23.5 Å². The van der Waals surface area contributed by atoms with Crippen LogP contribution in [0.15, 0.2) is 46.2 Å². The fourth-order valence-electron chi connectivity index (χ4n) is 5.02. The van der Waals surface area contributed by atoms with E-state index in [0.717, 1.165) is 78.5 Å². The maximum absolute atomic E-state index is 9.30. The zero-order valence-electron chi connectivity index (χ0n) is 21.7. The zero-order valence-corrected chi connectivity index (χ0v) is 23.3. The lowest BCUT2D eigenvalue weighted by Crippen LogP contribution is -2.39. The van der Waals surface area contributed by atoms with E-state index in [2.05, 4.69) is 46.8 Å². The number of aromatic nitrogens is 2. The second-order valence-corrected chi connectivity index (χ2v) is 11.8. The second kappa shape index (κ2) is 11.8. The summed E-state index contributed by atoms with van der Waals surface area (Å²) in [7, 11) is 0. The van der Waals surface area contributed by atoms with E-state index >= 15 is 0 Å². The minimum absolute atomic E-state index is 0.343. The zero-order chi connectivity index (χ0) is 25.8. The maximum atomic E-state index is 9.30. The number of ether oxygens (including phenoxy) is 1. The number of likely N-dealkylation sites (tertiary alicyclic amines) is 1. The lowest BCUT2D eigenvalue weighted by molar-refractivity contribution is 0.211. The number of nitrogens with one attached hydrogen (secondary N) is 1. The predicted octanol–water partition coefficient (Wildman–Crippen LogP) is 6.59. The molecule has 8 heteroatoms. The first-order valence-corrected chi connectivity index (χ1v) is 15.1. The van der Waals surface area contributed by atoms with Crippen LogP contribution in [0, 0.1) is 25.2 Å². The molecule has 3 heterocycles. The van der Waals surface area contributed by atoms with Crippen LogP contribution in [0.4, 0.5) is 5.95 Å². The monoisotopic (exact) mass is 531 g/mol. The number of rotatable bonds is 7. The van der Waals surface area contributed by atoms with Crippen molar-refractivity contribution in [1.82, 2.24) is 14.9 Å². The topological polar surface area (TPSA) is 74.1 Å². The summed E-state index contributed by atoms with van der Waals surface area (Å²) < 4.78 is 6.44. The molecule has 2 aromatic carbocycles. The molecule has 0 spiro atoms. The van der Waals surface area contributed by atoms with Gasteiger partial charge in [0.15, 0.2) is 0 Å². The van der Waals surface area contributed by atoms with Crippen LogP contribution in [0.5, 0.6) is 11.6 Å². The van der Waals surface area contributed by atoms with E-state index in [9.17, 15) is 5.26 Å². The molecule has 1 fully saturated rings. The van der Waals surface area contributed by atoms with Gasteiger partial charge in [0.2, 0.25) is 11.8 Å². The molecule has 1 aromatic heterocycles. The fourth-order valence-corrected chi connectivity index (χ4v) is 6.44. The minimum Gasteiger partial charge on any atom is -0.437 e. The Bertz CT molecular complexity index is 1270. The molecular weight excluding hydrogens is 498 g/mol. The highest BCUT2D eigenvalue weighted by atomic mass is 32.2. The van der Waals surface area contributed by atoms with Crippen LogP contribution in [0.25, 0.3) is 0 Å². The van der Waals surface area contributed by atoms with E-state index in [1.54, 1.807) is 23.5 Å². The van der Waals surface area contributed by atoms with Crippen molar-refractivity contribution in [3.05, 3.63) is 64.3 Å². The molecule has 192 valence electrons. The molecule has 0 atom stereocenters. The molecule has 0 amide bonds. The van der Waals surface area contributed by atoms with Crippen molar-refractivity contribution in [1.29, 1.82) is 5.26 Å². The number of benzene rings is 2. The van der Waals surface area contributed by atoms with Gasteiger partial charge in [-0.25, -0.2) is 4.98 Å². The third-order valence-corrected chi connectivity index (χ3v) is 8.92. The Labute approximate surface area is 228 Å². The normalized spacial score (nSPS) is 16.2. The van der Waals surface area contributed by atoms with Gasteiger partial charge in [-0.15, -0.1) is 23.5 Å². The SMILES string of the molecule is CSc1ccc(CN2CCC(Nc3nc4c(c(Oc5c(C)cc(C#N)cc5C)n3)SCCC4)CC2)cc1. The molecule has 0 aliphatic carbocycles. The molecule has 6 nitrogen and oxygen atoms in total. The summed E-state index contributed by atoms with van der Waals surface area (Å²) in [5.41, 5.74) is 4.96. The molecule has 1 N–H and O–H groups in total. The fraction of sp³-hybridized carbons (Fsp3) is 0.414. The second-order valence-electron chi connectivity index (χ2n) is 9.78. The lowest BCUT2D eigenvalue weighted by Gasteiger charge is -2.32. The number of fused-ring (bicyclic) bond motifs is 1. The van der Waals surface area contributed by atoms with E-state index in [1.165, 1.54) is 10.5 Å². The highest BCUT2D eigenvalue weighted by molar-refractivity contribution is 7.99. The first kappa shape index (κ1) is 25.9. The third-order valence-electron chi connectivity index (χ3n) is 6.98. The summed E-state index contributed by atoms with van der Waals surface area (Å²) in [6.07, 6.45) is 6.28. The molecule has 5 rings (SSSR count). The Morgan fingerprint density at radius 1 is 1.14 bits per heavy atom. The van der Waals surface area contributed by atoms with Crippen LogP contribution in [-0.2, 0) is 13.0 Å². The largest absolute Gasteiger partial charge is 0.437 e. The van der Waals surface area contributed by atoms with E-state index in [1.807, 2.05) is 26.0 Å². The van der Waals surface area contributed by atoms with Gasteiger partial charge < -0.3 is 10.1 Å². The van der Waals surface area contributed by atoms with Gasteiger partial charge in [-0.05, 0) is 92.5 Å². The number of nitriles is 1. The Morgan fingerprint density at radius 2 is 1.86 bits per heavy atom. The summed E-state index contributed by atoms with van der Waals surface area (Å²) in [6, 6.07) is 15.2. The van der Waals surface area contributed by atoms with Crippen molar-refractivity contribution in [3.63, 3.8) is 0 Å². The molecule has 0 radical (unpaired) electrons. The van der Waals surface area contributed by atoms with Crippen molar-refractivity contribution >= 4 is 29.5 Å². The van der Waals surface area contributed by atoms with E-state index < -0.39 is 0 Å². The summed E-state index contributed by atoms with van der Waals surface area (Å²) in [5.74, 6) is 3.10. The first-order chi connectivity index (χ1) is 18.0. The van der Waals surface area contributed by atoms with Crippen molar-refractivity contribution < 1.29 is 4.74 Å². The van der Waals surface area contributed by atoms with Gasteiger partial charge in [0.25, 0.3) is 0 Å². The van der Waals surface area contributed by atoms with E-state index in [-0.39, 0.29) is 0 Å². The van der Waals surface area contributed by atoms with Gasteiger partial charge in [0.05, 0.1) is 22.2 Å². The van der Waals surface area contributed by atoms with Gasteiger partial charge in [0, 0.05) is 30.6 Å². The highest BCUT2D eigenvalue weighted by Crippen LogP contribution is 2.40. The lowest BCUT2D eigenvalue weighted by atomic mass is 10.0. The van der Waals surface area contributed by atoms with Crippen LogP contribution < -0.4 is 10.1 Å². The molecule has 0 saturated carbocycles. The first-order valence-electron chi connectivity index (χ1n) is 12.9. The minimum atomic E-state index is 0.343. The van der Waals surface area contributed by atoms with Gasteiger partial charge in [-0.1, -0.05) is 12.1 Å². The van der Waals surface area contributed by atoms with Gasteiger partial charge in [-0.3, -0.25) is 4.90 Å². The molecular formula is C29H33N5OS2. The van der Waals surface area contributed by atoms with E-state index in [0.29, 0.717) is 23.4 Å². The van der Waals surface area contributed by atoms with Crippen molar-refractivity contribution in [2.75, 3.05) is 30.4 Å². The Morgan fingerprint density at radius 3 is 2.54 bits per heavy atom. The number of nitrogens with zero attached hydrogens (tertiary/aromatic N) is 4. The number of hydrogen-bond donors (Lipinski definition) is 1. The third kappa shape index (κ3) is 6.23. The Balaban J connectivity index is 1.28. The molecule has 3 aromatic rings. The number of aryl methyl sites for hydroxylation is 3. The quantitative estimate of drug-likeness (QED) is 0.342. The molecule has 0 bridgehead atoms. The predicted molar refractivity (Wildman–Crippen MR) is 152 cm³/mol. The summed E-state index contributed by atoms with van der Waals surface area (Å²) >= 11 is 3.56. The number of hydrogen-bond acceptors (Lipinski definition) is 8. The molecule has 37 heavy (non-hydrogen) atoms. The van der Waals surface area contributed by atoms with Crippen LogP contribution in [0.1, 0.15) is 47.2 Å². The van der Waals surface area contributed by atoms with Crippen molar-refractivity contribution in [2.45, 2.75) is 61.9 Å². The standard InChI is InChI=1S/C29H33N5OS2/c1-19-15-22(17-30)16-20(2)26(19)35-28-27-25(5-4-14-37-27)32-29(33-28)31-23-10-12-34(13-11-23)18-21-6-8-24(36-3)9-7-21/h6-9,15-16,23H,4-5,10-14,18H2,1-3H3,(H,31,32,33). The smallest absolute Gasteiger partial charge is 0.238 e. The molecule has 0 unspecified atom stereocenters. The summed E-state index contributed by atoms with van der Waals surface area (Å²) in [5, 5.41) is 12.9. The average Bonchev–Trinajstić information content (AvgIpc) is 2.92. The van der Waals surface area contributed by atoms with Crippen LogP contribution in [-0.4, -0.2) is 46.0 Å². The Hall–Kier alpha value is -2.73. The number of thioether (sulfide) groups is 2. The van der Waals surface area contributed by atoms with Gasteiger partial charge >= 0.3 is 0 Å². The van der Waals surface area contributed by atoms with Gasteiger partial charge in [-0.2, -0.15) is 10.2 Å². The molecule has 2 aliphatic heterocycles. The average molecular weight is 532 g/mol. The summed E-state index contributed by atoms with van der Waals surface area (Å²) in [4.78, 5) is 14.6. The molecule has 2 aliphatic rings.